The Labute approximate surface area is 114 Å². The summed E-state index contributed by atoms with van der Waals surface area (Å²) in [7, 11) is 3.88. The molecule has 100 valence electrons. The van der Waals surface area contributed by atoms with Crippen molar-refractivity contribution in [1.29, 1.82) is 0 Å². The van der Waals surface area contributed by atoms with Gasteiger partial charge in [0.2, 0.25) is 0 Å². The summed E-state index contributed by atoms with van der Waals surface area (Å²) < 4.78 is 5.92. The SMILES string of the molecule is CC(=O)C1=C(/C=C/N(C)C)OC(c2ccccc2)C1. The summed E-state index contributed by atoms with van der Waals surface area (Å²) >= 11 is 0. The molecule has 1 aromatic rings. The molecule has 1 aliphatic heterocycles. The third-order valence-electron chi connectivity index (χ3n) is 3.08. The molecule has 0 N–H and O–H groups in total. The molecular formula is C16H19NO2. The molecule has 1 atom stereocenters. The molecule has 1 unspecified atom stereocenters. The molecule has 2 rings (SSSR count). The fraction of sp³-hybridized carbons (Fsp3) is 0.312. The summed E-state index contributed by atoms with van der Waals surface area (Å²) in [4.78, 5) is 13.6. The minimum Gasteiger partial charge on any atom is -0.485 e. The minimum absolute atomic E-state index is 0.0538. The molecule has 0 aromatic heterocycles. The highest BCUT2D eigenvalue weighted by Crippen LogP contribution is 2.36. The predicted octanol–water partition coefficient (Wildman–Crippen LogP) is 3.07. The maximum atomic E-state index is 11.7. The van der Waals surface area contributed by atoms with E-state index >= 15 is 0 Å². The largest absolute Gasteiger partial charge is 0.485 e. The summed E-state index contributed by atoms with van der Waals surface area (Å²) in [5.74, 6) is 0.770. The number of carbonyl (C=O) groups excluding carboxylic acids is 1. The number of Topliss-reactive ketones (excluding diaryl/α,β-unsaturated/α-hetero) is 1. The molecule has 0 amide bonds. The molecular weight excluding hydrogens is 238 g/mol. The fourth-order valence-corrected chi connectivity index (χ4v) is 2.08. The molecule has 1 aromatic carbocycles. The molecule has 0 fully saturated rings. The van der Waals surface area contributed by atoms with Gasteiger partial charge in [-0.25, -0.2) is 0 Å². The number of nitrogens with zero attached hydrogens (tertiary/aromatic N) is 1. The second-order valence-electron chi connectivity index (χ2n) is 4.90. The first-order valence-corrected chi connectivity index (χ1v) is 6.38. The Morgan fingerprint density at radius 2 is 2.00 bits per heavy atom. The van der Waals surface area contributed by atoms with Crippen LogP contribution < -0.4 is 0 Å². The number of carbonyl (C=O) groups is 1. The molecule has 0 aliphatic carbocycles. The van der Waals surface area contributed by atoms with Crippen LogP contribution >= 0.6 is 0 Å². The lowest BCUT2D eigenvalue weighted by atomic mass is 10.0. The Morgan fingerprint density at radius 1 is 1.32 bits per heavy atom. The van der Waals surface area contributed by atoms with E-state index in [1.54, 1.807) is 6.92 Å². The lowest BCUT2D eigenvalue weighted by Gasteiger charge is -2.12. The van der Waals surface area contributed by atoms with Crippen LogP contribution in [0.5, 0.6) is 0 Å². The first-order valence-electron chi connectivity index (χ1n) is 6.38. The molecule has 1 heterocycles. The van der Waals surface area contributed by atoms with Gasteiger partial charge in [0.1, 0.15) is 11.9 Å². The Balaban J connectivity index is 2.20. The van der Waals surface area contributed by atoms with Gasteiger partial charge in [-0.05, 0) is 18.6 Å². The summed E-state index contributed by atoms with van der Waals surface area (Å²) in [6.07, 6.45) is 4.35. The average molecular weight is 257 g/mol. The van der Waals surface area contributed by atoms with Crippen molar-refractivity contribution in [2.75, 3.05) is 14.1 Å². The van der Waals surface area contributed by atoms with E-state index in [2.05, 4.69) is 0 Å². The highest BCUT2D eigenvalue weighted by molar-refractivity contribution is 5.94. The van der Waals surface area contributed by atoms with Crippen LogP contribution in [-0.4, -0.2) is 24.8 Å². The normalized spacial score (nSPS) is 18.8. The number of ether oxygens (including phenoxy) is 1. The zero-order valence-corrected chi connectivity index (χ0v) is 11.6. The monoisotopic (exact) mass is 257 g/mol. The van der Waals surface area contributed by atoms with Crippen molar-refractivity contribution in [2.45, 2.75) is 19.4 Å². The quantitative estimate of drug-likeness (QED) is 0.830. The molecule has 3 heteroatoms. The van der Waals surface area contributed by atoms with Gasteiger partial charge in [0, 0.05) is 32.3 Å². The van der Waals surface area contributed by atoms with E-state index in [9.17, 15) is 4.79 Å². The van der Waals surface area contributed by atoms with Gasteiger partial charge in [0.15, 0.2) is 5.78 Å². The molecule has 3 nitrogen and oxygen atoms in total. The van der Waals surface area contributed by atoms with Crippen molar-refractivity contribution in [3.05, 3.63) is 59.5 Å². The highest BCUT2D eigenvalue weighted by Gasteiger charge is 2.27. The van der Waals surface area contributed by atoms with Crippen LogP contribution in [0.15, 0.2) is 53.9 Å². The van der Waals surface area contributed by atoms with Crippen molar-refractivity contribution >= 4 is 5.78 Å². The van der Waals surface area contributed by atoms with Gasteiger partial charge in [0.25, 0.3) is 0 Å². The Morgan fingerprint density at radius 3 is 2.58 bits per heavy atom. The average Bonchev–Trinajstić information content (AvgIpc) is 2.81. The van der Waals surface area contributed by atoms with E-state index in [4.69, 9.17) is 4.74 Å². The molecule has 0 bridgehead atoms. The van der Waals surface area contributed by atoms with E-state index in [1.165, 1.54) is 0 Å². The Hall–Kier alpha value is -2.03. The van der Waals surface area contributed by atoms with Gasteiger partial charge in [-0.3, -0.25) is 4.79 Å². The van der Waals surface area contributed by atoms with E-state index in [1.807, 2.05) is 61.6 Å². The van der Waals surface area contributed by atoms with E-state index < -0.39 is 0 Å². The standard InChI is InChI=1S/C16H19NO2/c1-12(18)14-11-16(13-7-5-4-6-8-13)19-15(14)9-10-17(2)3/h4-10,16H,11H2,1-3H3/b10-9+. The van der Waals surface area contributed by atoms with Crippen molar-refractivity contribution < 1.29 is 9.53 Å². The van der Waals surface area contributed by atoms with Gasteiger partial charge < -0.3 is 9.64 Å². The van der Waals surface area contributed by atoms with Gasteiger partial charge in [-0.1, -0.05) is 30.3 Å². The minimum atomic E-state index is -0.0538. The molecule has 1 aliphatic rings. The number of allylic oxidation sites excluding steroid dienone is 1. The fourth-order valence-electron chi connectivity index (χ4n) is 2.08. The number of ketones is 1. The van der Waals surface area contributed by atoms with E-state index in [0.717, 1.165) is 11.1 Å². The second-order valence-corrected chi connectivity index (χ2v) is 4.90. The summed E-state index contributed by atoms with van der Waals surface area (Å²) in [5.41, 5.74) is 1.88. The predicted molar refractivity (Wildman–Crippen MR) is 75.4 cm³/mol. The van der Waals surface area contributed by atoms with Crippen LogP contribution in [0.3, 0.4) is 0 Å². The number of hydrogen-bond donors (Lipinski definition) is 0. The zero-order valence-electron chi connectivity index (χ0n) is 11.6. The number of rotatable bonds is 4. The Kier molecular flexibility index (Phi) is 4.05. The lowest BCUT2D eigenvalue weighted by Crippen LogP contribution is -2.01. The zero-order chi connectivity index (χ0) is 13.8. The van der Waals surface area contributed by atoms with Crippen LogP contribution in [0.2, 0.25) is 0 Å². The second kappa shape index (κ2) is 5.74. The van der Waals surface area contributed by atoms with E-state index in [-0.39, 0.29) is 11.9 Å². The molecule has 0 saturated carbocycles. The van der Waals surface area contributed by atoms with Crippen LogP contribution in [0.4, 0.5) is 0 Å². The summed E-state index contributed by atoms with van der Waals surface area (Å²) in [5, 5.41) is 0. The van der Waals surface area contributed by atoms with Gasteiger partial charge >= 0.3 is 0 Å². The first-order chi connectivity index (χ1) is 9.08. The molecule has 0 saturated heterocycles. The van der Waals surface area contributed by atoms with Gasteiger partial charge in [0.05, 0.1) is 0 Å². The number of benzene rings is 1. The molecule has 0 spiro atoms. The maximum Gasteiger partial charge on any atom is 0.159 e. The van der Waals surface area contributed by atoms with Crippen LogP contribution in [0.25, 0.3) is 0 Å². The third kappa shape index (κ3) is 3.25. The van der Waals surface area contributed by atoms with Crippen molar-refractivity contribution in [3.63, 3.8) is 0 Å². The highest BCUT2D eigenvalue weighted by atomic mass is 16.5. The maximum absolute atomic E-state index is 11.7. The Bertz CT molecular complexity index is 515. The van der Waals surface area contributed by atoms with Crippen molar-refractivity contribution in [3.8, 4) is 0 Å². The summed E-state index contributed by atoms with van der Waals surface area (Å²) in [6.45, 7) is 1.59. The number of hydrogen-bond acceptors (Lipinski definition) is 3. The van der Waals surface area contributed by atoms with Gasteiger partial charge in [-0.15, -0.1) is 0 Å². The van der Waals surface area contributed by atoms with Crippen LogP contribution in [0, 0.1) is 0 Å². The van der Waals surface area contributed by atoms with Gasteiger partial charge in [-0.2, -0.15) is 0 Å². The lowest BCUT2D eigenvalue weighted by molar-refractivity contribution is -0.113. The van der Waals surface area contributed by atoms with Crippen LogP contribution in [-0.2, 0) is 9.53 Å². The summed E-state index contributed by atoms with van der Waals surface area (Å²) in [6, 6.07) is 10.0. The van der Waals surface area contributed by atoms with Crippen molar-refractivity contribution in [2.24, 2.45) is 0 Å². The van der Waals surface area contributed by atoms with Crippen molar-refractivity contribution in [1.82, 2.24) is 4.90 Å². The third-order valence-corrected chi connectivity index (χ3v) is 3.08. The first kappa shape index (κ1) is 13.4. The molecule has 0 radical (unpaired) electrons. The van der Waals surface area contributed by atoms with E-state index in [0.29, 0.717) is 12.2 Å². The van der Waals surface area contributed by atoms with Crippen LogP contribution in [0.1, 0.15) is 25.0 Å². The smallest absolute Gasteiger partial charge is 0.159 e. The topological polar surface area (TPSA) is 29.5 Å². The molecule has 19 heavy (non-hydrogen) atoms.